The summed E-state index contributed by atoms with van der Waals surface area (Å²) in [4.78, 5) is 0. The van der Waals surface area contributed by atoms with E-state index in [0.29, 0.717) is 0 Å². The van der Waals surface area contributed by atoms with Crippen LogP contribution in [0.3, 0.4) is 0 Å². The summed E-state index contributed by atoms with van der Waals surface area (Å²) in [6.07, 6.45) is 3.20. The Kier molecular flexibility index (Phi) is 0.856. The molecular formula is C4H8. The molecule has 0 atom stereocenters. The van der Waals surface area contributed by atoms with Gasteiger partial charge in [-0.15, -0.1) is 0 Å². The van der Waals surface area contributed by atoms with E-state index in [4.69, 9.17) is 2.74 Å². The summed E-state index contributed by atoms with van der Waals surface area (Å²) in [5.74, 6) is 0. The summed E-state index contributed by atoms with van der Waals surface area (Å²) < 4.78 is 13.1. The lowest BCUT2D eigenvalue weighted by Crippen LogP contribution is -1.26. The Morgan fingerprint density at radius 3 is 2.50 bits per heavy atom. The van der Waals surface area contributed by atoms with Crippen molar-refractivity contribution in [3.8, 4) is 0 Å². The van der Waals surface area contributed by atoms with Crippen LogP contribution in [0.15, 0.2) is 12.2 Å². The van der Waals surface area contributed by atoms with Crippen molar-refractivity contribution in [2.45, 2.75) is 13.8 Å². The van der Waals surface area contributed by atoms with E-state index in [0.717, 1.165) is 0 Å². The first-order chi connectivity index (χ1) is 2.77. The molecule has 0 aliphatic carbocycles. The zero-order chi connectivity index (χ0) is 4.99. The summed E-state index contributed by atoms with van der Waals surface area (Å²) in [5.41, 5.74) is 0. The molecule has 0 amide bonds. The fourth-order valence-corrected chi connectivity index (χ4v) is 0. The van der Waals surface area contributed by atoms with E-state index in [-0.39, 0.29) is 0 Å². The van der Waals surface area contributed by atoms with Crippen LogP contribution in [-0.2, 0) is 0 Å². The molecule has 0 rings (SSSR count). The van der Waals surface area contributed by atoms with Gasteiger partial charge in [0.2, 0.25) is 0 Å². The predicted molar refractivity (Wildman–Crippen MR) is 20.5 cm³/mol. The lowest BCUT2D eigenvalue weighted by Gasteiger charge is -1.49. The van der Waals surface area contributed by atoms with Crippen molar-refractivity contribution in [2.24, 2.45) is 0 Å². The normalized spacial score (nSPS) is 17.5. The zero-order valence-electron chi connectivity index (χ0n) is 4.73. The Morgan fingerprint density at radius 2 is 2.50 bits per heavy atom. The smallest absolute Gasteiger partial charge is 0.0273 e. The third-order valence-electron chi connectivity index (χ3n) is 0.192. The van der Waals surface area contributed by atoms with Gasteiger partial charge in [-0.3, -0.25) is 0 Å². The maximum atomic E-state index is 6.56. The van der Waals surface area contributed by atoms with Crippen LogP contribution in [0.4, 0.5) is 0 Å². The zero-order valence-corrected chi connectivity index (χ0v) is 2.73. The average Bonchev–Trinajstić information content (AvgIpc) is 1.35. The van der Waals surface area contributed by atoms with E-state index in [1.165, 1.54) is 6.08 Å². The first-order valence-electron chi connectivity index (χ1n) is 2.40. The highest BCUT2D eigenvalue weighted by atomic mass is 13.4. The van der Waals surface area contributed by atoms with Crippen LogP contribution in [0.5, 0.6) is 0 Å². The van der Waals surface area contributed by atoms with Crippen LogP contribution in [0.2, 0.25) is 0 Å². The second-order valence-electron chi connectivity index (χ2n) is 0.526. The van der Waals surface area contributed by atoms with Gasteiger partial charge in [0.15, 0.2) is 0 Å². The number of hydrogen-bond acceptors (Lipinski definition) is 0. The number of allylic oxidation sites excluding steroid dienone is 2. The van der Waals surface area contributed by atoms with E-state index in [2.05, 4.69) is 0 Å². The van der Waals surface area contributed by atoms with Crippen molar-refractivity contribution in [3.05, 3.63) is 12.2 Å². The van der Waals surface area contributed by atoms with E-state index in [9.17, 15) is 0 Å². The SMILES string of the molecule is [2H]C([2H])/C=C/C. The largest absolute Gasteiger partial charge is 0.0919 e. The van der Waals surface area contributed by atoms with Crippen LogP contribution in [-0.4, -0.2) is 0 Å². The molecule has 0 heterocycles. The molecule has 24 valence electrons. The van der Waals surface area contributed by atoms with Crippen molar-refractivity contribution in [2.75, 3.05) is 0 Å². The Bertz CT molecular complexity index is 47.5. The monoisotopic (exact) mass is 58.1 g/mol. The molecule has 0 bridgehead atoms. The lowest BCUT2D eigenvalue weighted by molar-refractivity contribution is 1.64. The number of rotatable bonds is 0. The molecule has 0 aromatic carbocycles. The minimum atomic E-state index is -0.782. The van der Waals surface area contributed by atoms with Crippen LogP contribution in [0.25, 0.3) is 0 Å². The van der Waals surface area contributed by atoms with Crippen LogP contribution in [0, 0.1) is 0 Å². The van der Waals surface area contributed by atoms with Gasteiger partial charge in [-0.05, 0) is 13.8 Å². The Balaban J connectivity index is 3.03. The summed E-state index contributed by atoms with van der Waals surface area (Å²) >= 11 is 0. The summed E-state index contributed by atoms with van der Waals surface area (Å²) in [6.45, 7) is 1.02. The summed E-state index contributed by atoms with van der Waals surface area (Å²) in [5, 5.41) is 0. The first kappa shape index (κ1) is 1.25. The Morgan fingerprint density at radius 1 is 1.75 bits per heavy atom. The molecule has 0 aliphatic rings. The first-order valence-corrected chi connectivity index (χ1v) is 1.24. The van der Waals surface area contributed by atoms with Crippen molar-refractivity contribution >= 4 is 0 Å². The molecule has 0 N–H and O–H groups in total. The van der Waals surface area contributed by atoms with Gasteiger partial charge in [-0.1, -0.05) is 12.2 Å². The van der Waals surface area contributed by atoms with Gasteiger partial charge in [0.05, 0.1) is 0 Å². The molecule has 0 unspecified atom stereocenters. The molecule has 0 aliphatic heterocycles. The van der Waals surface area contributed by atoms with Crippen LogP contribution >= 0.6 is 0 Å². The fourth-order valence-electron chi connectivity index (χ4n) is 0. The van der Waals surface area contributed by atoms with Gasteiger partial charge in [0.1, 0.15) is 0 Å². The van der Waals surface area contributed by atoms with E-state index in [1.807, 2.05) is 0 Å². The Hall–Kier alpha value is -0.260. The molecule has 4 heavy (non-hydrogen) atoms. The van der Waals surface area contributed by atoms with Gasteiger partial charge in [0.25, 0.3) is 0 Å². The quantitative estimate of drug-likeness (QED) is 0.371. The maximum Gasteiger partial charge on any atom is 0.0273 e. The molecule has 0 heteroatoms. The molecule has 0 spiro atoms. The third kappa shape index (κ3) is 1.74. The second kappa shape index (κ2) is 2.74. The summed E-state index contributed by atoms with van der Waals surface area (Å²) in [7, 11) is 0. The van der Waals surface area contributed by atoms with E-state index < -0.39 is 6.88 Å². The van der Waals surface area contributed by atoms with Gasteiger partial charge in [-0.2, -0.15) is 0 Å². The molecule has 0 saturated carbocycles. The van der Waals surface area contributed by atoms with Crippen molar-refractivity contribution < 1.29 is 2.74 Å². The maximum absolute atomic E-state index is 6.56. The molecule has 0 saturated heterocycles. The molecule has 0 nitrogen and oxygen atoms in total. The highest BCUT2D eigenvalue weighted by Gasteiger charge is 1.34. The van der Waals surface area contributed by atoms with E-state index in [1.54, 1.807) is 13.0 Å². The Labute approximate surface area is 30.0 Å². The van der Waals surface area contributed by atoms with Gasteiger partial charge >= 0.3 is 0 Å². The standard InChI is InChI=1S/C4H8/c1-3-4-2/h3-4H,1-2H3/b4-3+/i1D2. The van der Waals surface area contributed by atoms with Crippen molar-refractivity contribution in [3.63, 3.8) is 0 Å². The van der Waals surface area contributed by atoms with Gasteiger partial charge in [-0.25, -0.2) is 0 Å². The van der Waals surface area contributed by atoms with E-state index >= 15 is 0 Å². The van der Waals surface area contributed by atoms with Crippen molar-refractivity contribution in [1.29, 1.82) is 0 Å². The van der Waals surface area contributed by atoms with Crippen molar-refractivity contribution in [1.82, 2.24) is 0 Å². The fraction of sp³-hybridized carbons (Fsp3) is 0.500. The lowest BCUT2D eigenvalue weighted by atomic mass is 10.6. The molecule has 0 aromatic rings. The highest BCUT2D eigenvalue weighted by Crippen LogP contribution is 1.57. The highest BCUT2D eigenvalue weighted by molar-refractivity contribution is 4.68. The third-order valence-corrected chi connectivity index (χ3v) is 0.192. The van der Waals surface area contributed by atoms with Crippen LogP contribution < -0.4 is 0 Å². The topological polar surface area (TPSA) is 0 Å². The van der Waals surface area contributed by atoms with Gasteiger partial charge in [0, 0.05) is 2.74 Å². The average molecular weight is 58.1 g/mol. The molecule has 0 radical (unpaired) electrons. The molecule has 0 aromatic heterocycles. The number of hydrogen-bond donors (Lipinski definition) is 0. The summed E-state index contributed by atoms with van der Waals surface area (Å²) in [6, 6.07) is 0. The second-order valence-corrected chi connectivity index (χ2v) is 0.526. The molecule has 0 fully saturated rings. The predicted octanol–water partition coefficient (Wildman–Crippen LogP) is 1.58. The van der Waals surface area contributed by atoms with Gasteiger partial charge < -0.3 is 0 Å². The minimum Gasteiger partial charge on any atom is -0.0919 e. The molecular weight excluding hydrogens is 48.0 g/mol. The minimum absolute atomic E-state index is 0.782. The van der Waals surface area contributed by atoms with Crippen LogP contribution in [0.1, 0.15) is 16.5 Å².